The lowest BCUT2D eigenvalue weighted by molar-refractivity contribution is 0.0690. The summed E-state index contributed by atoms with van der Waals surface area (Å²) in [4.78, 5) is 12.4. The highest BCUT2D eigenvalue weighted by Gasteiger charge is 2.20. The molecule has 7 nitrogen and oxygen atoms in total. The zero-order valence-corrected chi connectivity index (χ0v) is 10.2. The van der Waals surface area contributed by atoms with Gasteiger partial charge in [0, 0.05) is 12.6 Å². The Balaban J connectivity index is 2.09. The van der Waals surface area contributed by atoms with E-state index in [2.05, 4.69) is 10.2 Å². The molecule has 0 saturated heterocycles. The molecule has 0 saturated carbocycles. The van der Waals surface area contributed by atoms with Gasteiger partial charge in [0.1, 0.15) is 18.9 Å². The fourth-order valence-electron chi connectivity index (χ4n) is 1.94. The van der Waals surface area contributed by atoms with Gasteiger partial charge < -0.3 is 14.6 Å². The highest BCUT2D eigenvalue weighted by molar-refractivity contribution is 5.92. The van der Waals surface area contributed by atoms with Gasteiger partial charge in [-0.25, -0.2) is 4.79 Å². The van der Waals surface area contributed by atoms with Crippen LogP contribution >= 0.6 is 0 Å². The largest absolute Gasteiger partial charge is 0.486 e. The molecule has 2 heterocycles. The van der Waals surface area contributed by atoms with Gasteiger partial charge in [0.05, 0.1) is 0 Å². The van der Waals surface area contributed by atoms with Gasteiger partial charge in [-0.3, -0.25) is 0 Å². The van der Waals surface area contributed by atoms with Crippen molar-refractivity contribution >= 4 is 5.97 Å². The van der Waals surface area contributed by atoms with Crippen molar-refractivity contribution in [2.24, 2.45) is 7.05 Å². The molecule has 7 heteroatoms. The van der Waals surface area contributed by atoms with Crippen molar-refractivity contribution in [1.29, 1.82) is 0 Å². The molecule has 0 unspecified atom stereocenters. The second-order valence-electron chi connectivity index (χ2n) is 4.05. The number of carboxylic acid groups (broad SMARTS) is 1. The molecule has 0 bridgehead atoms. The quantitative estimate of drug-likeness (QED) is 0.866. The molecule has 0 aliphatic carbocycles. The Morgan fingerprint density at radius 3 is 2.74 bits per heavy atom. The highest BCUT2D eigenvalue weighted by Crippen LogP contribution is 2.34. The van der Waals surface area contributed by atoms with E-state index in [1.807, 2.05) is 0 Å². The fourth-order valence-corrected chi connectivity index (χ4v) is 1.94. The Bertz CT molecular complexity index is 650. The van der Waals surface area contributed by atoms with E-state index in [-0.39, 0.29) is 5.69 Å². The first-order valence-corrected chi connectivity index (χ1v) is 5.70. The van der Waals surface area contributed by atoms with Crippen molar-refractivity contribution in [3.8, 4) is 22.8 Å². The minimum atomic E-state index is -1.11. The van der Waals surface area contributed by atoms with Crippen LogP contribution in [0.4, 0.5) is 0 Å². The number of aryl methyl sites for hydroxylation is 1. The number of aromatic nitrogens is 3. The molecular formula is C12H11N3O4. The molecule has 1 aliphatic heterocycles. The van der Waals surface area contributed by atoms with Gasteiger partial charge in [-0.2, -0.15) is 9.90 Å². The predicted molar refractivity (Wildman–Crippen MR) is 64.4 cm³/mol. The summed E-state index contributed by atoms with van der Waals surface area (Å²) < 4.78 is 10.9. The number of fused-ring (bicyclic) bond motifs is 1. The Labute approximate surface area is 108 Å². The molecule has 1 aromatic carbocycles. The number of nitrogens with zero attached hydrogens (tertiary/aromatic N) is 3. The third-order valence-corrected chi connectivity index (χ3v) is 2.73. The number of hydrogen-bond acceptors (Lipinski definition) is 5. The summed E-state index contributed by atoms with van der Waals surface area (Å²) in [7, 11) is 1.58. The van der Waals surface area contributed by atoms with Crippen molar-refractivity contribution < 1.29 is 19.4 Å². The average Bonchev–Trinajstić information content (AvgIpc) is 2.80. The molecule has 0 fully saturated rings. The van der Waals surface area contributed by atoms with Crippen LogP contribution in [0.3, 0.4) is 0 Å². The first kappa shape index (κ1) is 11.5. The maximum atomic E-state index is 11.1. The zero-order valence-electron chi connectivity index (χ0n) is 10.2. The molecule has 1 N–H and O–H groups in total. The number of benzene rings is 1. The predicted octanol–water partition coefficient (Wildman–Crippen LogP) is 0.952. The van der Waals surface area contributed by atoms with E-state index in [0.29, 0.717) is 36.0 Å². The lowest BCUT2D eigenvalue weighted by Crippen LogP contribution is -2.15. The van der Waals surface area contributed by atoms with Crippen molar-refractivity contribution in [1.82, 2.24) is 15.0 Å². The average molecular weight is 261 g/mol. The Morgan fingerprint density at radius 1 is 1.26 bits per heavy atom. The van der Waals surface area contributed by atoms with E-state index in [1.54, 1.807) is 25.2 Å². The van der Waals surface area contributed by atoms with Crippen LogP contribution in [0.1, 0.15) is 10.5 Å². The number of carbonyl (C=O) groups is 1. The standard InChI is InChI=1S/C12H11N3O4/c1-15-13-10(11(14-15)12(16)17)7-2-3-8-9(6-7)19-5-4-18-8/h2-3,6H,4-5H2,1H3,(H,16,17). The van der Waals surface area contributed by atoms with E-state index >= 15 is 0 Å². The number of ether oxygens (including phenoxy) is 2. The number of aromatic carboxylic acids is 1. The molecule has 0 amide bonds. The normalized spacial score (nSPS) is 13.3. The second kappa shape index (κ2) is 4.27. The first-order valence-electron chi connectivity index (χ1n) is 5.70. The number of rotatable bonds is 2. The lowest BCUT2D eigenvalue weighted by Gasteiger charge is -2.18. The summed E-state index contributed by atoms with van der Waals surface area (Å²) in [6.07, 6.45) is 0. The van der Waals surface area contributed by atoms with E-state index < -0.39 is 5.97 Å². The molecule has 19 heavy (non-hydrogen) atoms. The van der Waals surface area contributed by atoms with Crippen LogP contribution in [0.2, 0.25) is 0 Å². The summed E-state index contributed by atoms with van der Waals surface area (Å²) in [5, 5.41) is 17.0. The Hall–Kier alpha value is -2.57. The van der Waals surface area contributed by atoms with Crippen LogP contribution in [0.25, 0.3) is 11.3 Å². The van der Waals surface area contributed by atoms with Crippen molar-refractivity contribution in [2.75, 3.05) is 13.2 Å². The summed E-state index contributed by atoms with van der Waals surface area (Å²) in [5.74, 6) is 0.125. The first-order chi connectivity index (χ1) is 9.15. The molecule has 3 rings (SSSR count). The van der Waals surface area contributed by atoms with Gasteiger partial charge in [0.25, 0.3) is 0 Å². The molecule has 1 aliphatic rings. The van der Waals surface area contributed by atoms with Gasteiger partial charge in [-0.15, -0.1) is 5.10 Å². The lowest BCUT2D eigenvalue weighted by atomic mass is 10.1. The van der Waals surface area contributed by atoms with E-state index in [0.717, 1.165) is 0 Å². The van der Waals surface area contributed by atoms with E-state index in [1.165, 1.54) is 4.80 Å². The molecule has 0 spiro atoms. The Kier molecular flexibility index (Phi) is 2.59. The highest BCUT2D eigenvalue weighted by atomic mass is 16.6. The second-order valence-corrected chi connectivity index (χ2v) is 4.05. The molecule has 0 atom stereocenters. The van der Waals surface area contributed by atoms with E-state index in [4.69, 9.17) is 14.6 Å². The third kappa shape index (κ3) is 1.99. The van der Waals surface area contributed by atoms with Gasteiger partial charge >= 0.3 is 5.97 Å². The molecule has 0 radical (unpaired) electrons. The Morgan fingerprint density at radius 2 is 2.00 bits per heavy atom. The summed E-state index contributed by atoms with van der Waals surface area (Å²) in [6, 6.07) is 5.19. The SMILES string of the molecule is Cn1nc(C(=O)O)c(-c2ccc3c(c2)OCCO3)n1. The zero-order chi connectivity index (χ0) is 13.4. The van der Waals surface area contributed by atoms with Gasteiger partial charge in [0.15, 0.2) is 17.2 Å². The van der Waals surface area contributed by atoms with Crippen molar-refractivity contribution in [2.45, 2.75) is 0 Å². The molecule has 2 aromatic rings. The number of carboxylic acids is 1. The molecule has 1 aromatic heterocycles. The van der Waals surface area contributed by atoms with E-state index in [9.17, 15) is 4.79 Å². The summed E-state index contributed by atoms with van der Waals surface area (Å²) in [5.41, 5.74) is 0.862. The summed E-state index contributed by atoms with van der Waals surface area (Å²) in [6.45, 7) is 0.987. The monoisotopic (exact) mass is 261 g/mol. The number of hydrogen-bond donors (Lipinski definition) is 1. The van der Waals surface area contributed by atoms with Crippen molar-refractivity contribution in [3.63, 3.8) is 0 Å². The maximum absolute atomic E-state index is 11.1. The van der Waals surface area contributed by atoms with Crippen LogP contribution < -0.4 is 9.47 Å². The minimum Gasteiger partial charge on any atom is -0.486 e. The molecule has 98 valence electrons. The minimum absolute atomic E-state index is 0.0841. The third-order valence-electron chi connectivity index (χ3n) is 2.73. The van der Waals surface area contributed by atoms with Gasteiger partial charge in [-0.05, 0) is 18.2 Å². The van der Waals surface area contributed by atoms with Gasteiger partial charge in [-0.1, -0.05) is 0 Å². The van der Waals surface area contributed by atoms with Crippen molar-refractivity contribution in [3.05, 3.63) is 23.9 Å². The van der Waals surface area contributed by atoms with Crippen LogP contribution in [0.15, 0.2) is 18.2 Å². The van der Waals surface area contributed by atoms with Crippen LogP contribution in [-0.2, 0) is 7.05 Å². The van der Waals surface area contributed by atoms with Crippen LogP contribution in [0.5, 0.6) is 11.5 Å². The topological polar surface area (TPSA) is 86.5 Å². The molecular weight excluding hydrogens is 250 g/mol. The fraction of sp³-hybridized carbons (Fsp3) is 0.250. The maximum Gasteiger partial charge on any atom is 0.358 e. The summed E-state index contributed by atoms with van der Waals surface area (Å²) >= 11 is 0. The van der Waals surface area contributed by atoms with Crippen LogP contribution in [-0.4, -0.2) is 39.3 Å². The smallest absolute Gasteiger partial charge is 0.358 e. The van der Waals surface area contributed by atoms with Crippen LogP contribution in [0, 0.1) is 0 Å². The van der Waals surface area contributed by atoms with Gasteiger partial charge in [0.2, 0.25) is 0 Å².